The van der Waals surface area contributed by atoms with Gasteiger partial charge in [0.15, 0.2) is 0 Å². The number of hydrogen-bond acceptors (Lipinski definition) is 3. The highest BCUT2D eigenvalue weighted by molar-refractivity contribution is 5.29. The molecule has 0 saturated heterocycles. The first kappa shape index (κ1) is 15.9. The molecule has 0 fully saturated rings. The summed E-state index contributed by atoms with van der Waals surface area (Å²) >= 11 is 0. The minimum Gasteiger partial charge on any atom is -0.386 e. The number of hydrogen-bond donors (Lipinski definition) is 1. The van der Waals surface area contributed by atoms with E-state index < -0.39 is 23.9 Å². The summed E-state index contributed by atoms with van der Waals surface area (Å²) in [6, 6.07) is 0.863. The summed E-state index contributed by atoms with van der Waals surface area (Å²) in [7, 11) is 0. The molecule has 0 aliphatic rings. The third-order valence-corrected chi connectivity index (χ3v) is 2.80. The highest BCUT2D eigenvalue weighted by atomic mass is 19.4. The van der Waals surface area contributed by atoms with Crippen molar-refractivity contribution in [3.05, 3.63) is 29.6 Å². The summed E-state index contributed by atoms with van der Waals surface area (Å²) < 4.78 is 44.0. The molecule has 1 heterocycles. The first-order valence-electron chi connectivity index (χ1n) is 6.09. The summed E-state index contributed by atoms with van der Waals surface area (Å²) in [5, 5.41) is 10.2. The molecule has 0 bridgehead atoms. The van der Waals surface area contributed by atoms with Gasteiger partial charge in [0.2, 0.25) is 0 Å². The van der Waals surface area contributed by atoms with Crippen molar-refractivity contribution in [2.24, 2.45) is 5.92 Å². The van der Waals surface area contributed by atoms with Crippen LogP contribution in [0.2, 0.25) is 0 Å². The largest absolute Gasteiger partial charge is 0.416 e. The van der Waals surface area contributed by atoms with Gasteiger partial charge in [0.25, 0.3) is 0 Å². The summed E-state index contributed by atoms with van der Waals surface area (Å²) in [5.74, 6) is -0.115. The maximum absolute atomic E-state index is 12.9. The number of aromatic nitrogens is 1. The van der Waals surface area contributed by atoms with E-state index in [0.717, 1.165) is 18.5 Å². The topological polar surface area (TPSA) is 42.4 Å². The smallest absolute Gasteiger partial charge is 0.386 e. The predicted octanol–water partition coefficient (Wildman–Crippen LogP) is 3.19. The lowest BCUT2D eigenvalue weighted by Gasteiger charge is -2.27. The molecule has 6 heteroatoms. The van der Waals surface area contributed by atoms with Gasteiger partial charge in [-0.3, -0.25) is 4.98 Å². The Hall–Kier alpha value is -1.14. The monoisotopic (exact) mass is 277 g/mol. The van der Waals surface area contributed by atoms with Crippen molar-refractivity contribution in [2.75, 3.05) is 6.61 Å². The van der Waals surface area contributed by atoms with Gasteiger partial charge in [0.05, 0.1) is 11.7 Å². The molecule has 108 valence electrons. The van der Waals surface area contributed by atoms with E-state index in [1.165, 1.54) is 0 Å². The zero-order valence-electron chi connectivity index (χ0n) is 11.1. The third kappa shape index (κ3) is 3.91. The zero-order valence-corrected chi connectivity index (χ0v) is 11.1. The number of aliphatic hydroxyl groups excluding tert-OH is 1. The molecule has 0 saturated carbocycles. The SMILES string of the molecule is CCOC(C(C)C)C(O)c1cnccc1C(F)(F)F. The van der Waals surface area contributed by atoms with Gasteiger partial charge in [-0.2, -0.15) is 13.2 Å². The number of ether oxygens (including phenoxy) is 1. The Kier molecular flexibility index (Phi) is 5.31. The number of halogens is 3. The third-order valence-electron chi connectivity index (χ3n) is 2.80. The van der Waals surface area contributed by atoms with Crippen LogP contribution in [0.3, 0.4) is 0 Å². The van der Waals surface area contributed by atoms with Crippen LogP contribution in [0, 0.1) is 5.92 Å². The molecule has 1 aromatic rings. The predicted molar refractivity (Wildman–Crippen MR) is 64.5 cm³/mol. The molecule has 19 heavy (non-hydrogen) atoms. The van der Waals surface area contributed by atoms with E-state index in [9.17, 15) is 18.3 Å². The molecular formula is C13H18F3NO2. The molecule has 0 aliphatic carbocycles. The van der Waals surface area contributed by atoms with Gasteiger partial charge in [0, 0.05) is 24.6 Å². The van der Waals surface area contributed by atoms with Crippen LogP contribution in [0.15, 0.2) is 18.5 Å². The van der Waals surface area contributed by atoms with Crippen LogP contribution in [0.5, 0.6) is 0 Å². The average Bonchev–Trinajstić information content (AvgIpc) is 2.33. The Morgan fingerprint density at radius 1 is 1.37 bits per heavy atom. The van der Waals surface area contributed by atoms with Crippen LogP contribution in [-0.2, 0) is 10.9 Å². The van der Waals surface area contributed by atoms with Crippen molar-refractivity contribution in [1.29, 1.82) is 0 Å². The lowest BCUT2D eigenvalue weighted by Crippen LogP contribution is -2.29. The van der Waals surface area contributed by atoms with E-state index in [-0.39, 0.29) is 11.5 Å². The summed E-state index contributed by atoms with van der Waals surface area (Å²) in [6.45, 7) is 5.62. The van der Waals surface area contributed by atoms with E-state index >= 15 is 0 Å². The highest BCUT2D eigenvalue weighted by Gasteiger charge is 2.37. The Morgan fingerprint density at radius 3 is 2.47 bits per heavy atom. The van der Waals surface area contributed by atoms with Crippen LogP contribution in [0.4, 0.5) is 13.2 Å². The van der Waals surface area contributed by atoms with Crippen molar-refractivity contribution >= 4 is 0 Å². The van der Waals surface area contributed by atoms with Crippen LogP contribution < -0.4 is 0 Å². The Bertz CT molecular complexity index is 407. The van der Waals surface area contributed by atoms with E-state index in [1.807, 2.05) is 0 Å². The molecule has 0 spiro atoms. The van der Waals surface area contributed by atoms with Crippen molar-refractivity contribution in [1.82, 2.24) is 4.98 Å². The molecule has 0 amide bonds. The van der Waals surface area contributed by atoms with Crippen molar-refractivity contribution in [2.45, 2.75) is 39.2 Å². The van der Waals surface area contributed by atoms with Gasteiger partial charge in [-0.15, -0.1) is 0 Å². The second-order valence-corrected chi connectivity index (χ2v) is 4.57. The molecule has 0 aliphatic heterocycles. The second kappa shape index (κ2) is 6.34. The quantitative estimate of drug-likeness (QED) is 0.898. The number of pyridine rings is 1. The fraction of sp³-hybridized carbons (Fsp3) is 0.615. The molecule has 1 aromatic heterocycles. The highest BCUT2D eigenvalue weighted by Crippen LogP contribution is 2.36. The first-order chi connectivity index (χ1) is 8.79. The maximum Gasteiger partial charge on any atom is 0.416 e. The van der Waals surface area contributed by atoms with Crippen LogP contribution >= 0.6 is 0 Å². The Morgan fingerprint density at radius 2 is 2.00 bits per heavy atom. The molecule has 1 N–H and O–H groups in total. The van der Waals surface area contributed by atoms with Gasteiger partial charge < -0.3 is 9.84 Å². The molecule has 0 aromatic carbocycles. The summed E-state index contributed by atoms with van der Waals surface area (Å²) in [5.41, 5.74) is -1.12. The zero-order chi connectivity index (χ0) is 14.6. The average molecular weight is 277 g/mol. The van der Waals surface area contributed by atoms with Crippen molar-refractivity contribution in [3.63, 3.8) is 0 Å². The summed E-state index contributed by atoms with van der Waals surface area (Å²) in [6.07, 6.45) is -4.47. The van der Waals surface area contributed by atoms with E-state index in [0.29, 0.717) is 6.61 Å². The van der Waals surface area contributed by atoms with Crippen LogP contribution in [0.1, 0.15) is 38.0 Å². The van der Waals surface area contributed by atoms with Crippen LogP contribution in [-0.4, -0.2) is 22.8 Å². The molecular weight excluding hydrogens is 259 g/mol. The maximum atomic E-state index is 12.9. The molecule has 3 nitrogen and oxygen atoms in total. The molecule has 1 rings (SSSR count). The van der Waals surface area contributed by atoms with Crippen molar-refractivity contribution < 1.29 is 23.0 Å². The number of nitrogens with zero attached hydrogens (tertiary/aromatic N) is 1. The Labute approximate surface area is 110 Å². The fourth-order valence-electron chi connectivity index (χ4n) is 1.92. The van der Waals surface area contributed by atoms with Crippen LogP contribution in [0.25, 0.3) is 0 Å². The molecule has 0 radical (unpaired) electrons. The molecule has 2 atom stereocenters. The van der Waals surface area contributed by atoms with Gasteiger partial charge in [-0.05, 0) is 18.9 Å². The van der Waals surface area contributed by atoms with Gasteiger partial charge in [-0.1, -0.05) is 13.8 Å². The number of rotatable bonds is 5. The van der Waals surface area contributed by atoms with E-state index in [2.05, 4.69) is 4.98 Å². The lowest BCUT2D eigenvalue weighted by atomic mass is 9.94. The standard InChI is InChI=1S/C13H18F3NO2/c1-4-19-12(8(2)3)11(18)9-7-17-6-5-10(9)13(14,15)16/h5-8,11-12,18H,4H2,1-3H3. The number of aliphatic hydroxyl groups is 1. The summed E-state index contributed by atoms with van der Waals surface area (Å²) in [4.78, 5) is 3.67. The number of alkyl halides is 3. The van der Waals surface area contributed by atoms with E-state index in [1.54, 1.807) is 20.8 Å². The normalized spacial score (nSPS) is 15.6. The van der Waals surface area contributed by atoms with Gasteiger partial charge in [-0.25, -0.2) is 0 Å². The van der Waals surface area contributed by atoms with Gasteiger partial charge >= 0.3 is 6.18 Å². The minimum atomic E-state index is -4.52. The second-order valence-electron chi connectivity index (χ2n) is 4.57. The van der Waals surface area contributed by atoms with Crippen molar-refractivity contribution in [3.8, 4) is 0 Å². The molecule has 2 unspecified atom stereocenters. The fourth-order valence-corrected chi connectivity index (χ4v) is 1.92. The Balaban J connectivity index is 3.14. The van der Waals surface area contributed by atoms with E-state index in [4.69, 9.17) is 4.74 Å². The lowest BCUT2D eigenvalue weighted by molar-refractivity contribution is -0.141. The van der Waals surface area contributed by atoms with Gasteiger partial charge in [0.1, 0.15) is 6.10 Å². The minimum absolute atomic E-state index is 0.115. The first-order valence-corrected chi connectivity index (χ1v) is 6.09.